The van der Waals surface area contributed by atoms with Gasteiger partial charge in [-0.25, -0.2) is 0 Å². The molecule has 1 aliphatic carbocycles. The lowest BCUT2D eigenvalue weighted by Gasteiger charge is -2.41. The third-order valence-corrected chi connectivity index (χ3v) is 5.17. The second-order valence-corrected chi connectivity index (χ2v) is 6.82. The van der Waals surface area contributed by atoms with Gasteiger partial charge >= 0.3 is 0 Å². The van der Waals surface area contributed by atoms with Crippen molar-refractivity contribution < 1.29 is 0 Å². The Bertz CT molecular complexity index is 233. The summed E-state index contributed by atoms with van der Waals surface area (Å²) in [6, 6.07) is 2.29. The van der Waals surface area contributed by atoms with Gasteiger partial charge in [-0.05, 0) is 39.2 Å². The van der Waals surface area contributed by atoms with Crippen LogP contribution in [0, 0.1) is 5.92 Å². The summed E-state index contributed by atoms with van der Waals surface area (Å²) in [6.45, 7) is 6.05. The normalized spacial score (nSPS) is 37.2. The van der Waals surface area contributed by atoms with Gasteiger partial charge < -0.3 is 10.2 Å². The molecule has 2 heteroatoms. The predicted octanol–water partition coefficient (Wildman–Crippen LogP) is 3.42. The molecule has 0 aromatic rings. The molecule has 3 atom stereocenters. The Balaban J connectivity index is 1.83. The van der Waals surface area contributed by atoms with Gasteiger partial charge in [0.25, 0.3) is 0 Å². The molecule has 2 fully saturated rings. The molecule has 1 saturated heterocycles. The summed E-state index contributed by atoms with van der Waals surface area (Å²) >= 11 is 0. The molecule has 0 radical (unpaired) electrons. The molecule has 0 aromatic carbocycles. The number of hydrogen-bond donors (Lipinski definition) is 1. The Kier molecular flexibility index (Phi) is 5.50. The van der Waals surface area contributed by atoms with Gasteiger partial charge in [-0.1, -0.05) is 39.0 Å². The first-order valence-corrected chi connectivity index (χ1v) is 8.13. The average Bonchev–Trinajstić information content (AvgIpc) is 2.29. The Labute approximate surface area is 114 Å². The van der Waals surface area contributed by atoms with E-state index in [2.05, 4.69) is 31.1 Å². The van der Waals surface area contributed by atoms with Crippen LogP contribution in [0.5, 0.6) is 0 Å². The van der Waals surface area contributed by atoms with E-state index in [9.17, 15) is 0 Å². The van der Waals surface area contributed by atoms with Gasteiger partial charge in [-0.15, -0.1) is 0 Å². The maximum Gasteiger partial charge on any atom is 0.0122 e. The predicted molar refractivity (Wildman–Crippen MR) is 78.9 cm³/mol. The van der Waals surface area contributed by atoms with Crippen LogP contribution in [0.15, 0.2) is 0 Å². The molecule has 2 nitrogen and oxygen atoms in total. The number of hydrogen-bond acceptors (Lipinski definition) is 2. The highest BCUT2D eigenvalue weighted by Crippen LogP contribution is 2.24. The van der Waals surface area contributed by atoms with Crippen molar-refractivity contribution in [2.75, 3.05) is 13.6 Å². The van der Waals surface area contributed by atoms with Gasteiger partial charge in [0.1, 0.15) is 0 Å². The van der Waals surface area contributed by atoms with Crippen LogP contribution in [-0.4, -0.2) is 36.6 Å². The molecule has 0 aromatic heterocycles. The second kappa shape index (κ2) is 6.91. The number of likely N-dealkylation sites (tertiary alicyclic amines) is 1. The molecule has 1 N–H and O–H groups in total. The van der Waals surface area contributed by atoms with Gasteiger partial charge in [0.2, 0.25) is 0 Å². The monoisotopic (exact) mass is 252 g/mol. The Morgan fingerprint density at radius 1 is 0.944 bits per heavy atom. The lowest BCUT2D eigenvalue weighted by Crippen LogP contribution is -2.53. The third kappa shape index (κ3) is 3.96. The Morgan fingerprint density at radius 3 is 2.22 bits per heavy atom. The molecule has 2 rings (SSSR count). The van der Waals surface area contributed by atoms with Crippen molar-refractivity contribution in [2.24, 2.45) is 5.92 Å². The Morgan fingerprint density at radius 2 is 1.56 bits per heavy atom. The highest BCUT2D eigenvalue weighted by molar-refractivity contribution is 4.88. The molecular formula is C16H32N2. The van der Waals surface area contributed by atoms with E-state index in [-0.39, 0.29) is 0 Å². The highest BCUT2D eigenvalue weighted by atomic mass is 15.2. The first kappa shape index (κ1) is 14.3. The van der Waals surface area contributed by atoms with E-state index in [4.69, 9.17) is 0 Å². The van der Waals surface area contributed by atoms with Crippen LogP contribution in [0.3, 0.4) is 0 Å². The largest absolute Gasteiger partial charge is 0.311 e. The van der Waals surface area contributed by atoms with Crippen molar-refractivity contribution in [1.82, 2.24) is 10.2 Å². The zero-order valence-corrected chi connectivity index (χ0v) is 12.6. The Hall–Kier alpha value is -0.0800. The zero-order chi connectivity index (χ0) is 13.0. The van der Waals surface area contributed by atoms with Crippen LogP contribution < -0.4 is 5.32 Å². The van der Waals surface area contributed by atoms with E-state index in [1.807, 2.05) is 0 Å². The quantitative estimate of drug-likeness (QED) is 0.810. The molecule has 1 aliphatic heterocycles. The summed E-state index contributed by atoms with van der Waals surface area (Å²) < 4.78 is 0. The fraction of sp³-hybridized carbons (Fsp3) is 1.00. The van der Waals surface area contributed by atoms with E-state index >= 15 is 0 Å². The SMILES string of the molecule is CC1CN(C)C(C)CC1NC1CCCCCCC1. The number of piperidine rings is 1. The van der Waals surface area contributed by atoms with Gasteiger partial charge in [0.15, 0.2) is 0 Å². The minimum atomic E-state index is 0.743. The first-order valence-electron chi connectivity index (χ1n) is 8.13. The van der Waals surface area contributed by atoms with Crippen molar-refractivity contribution in [2.45, 2.75) is 83.3 Å². The molecule has 0 bridgehead atoms. The molecule has 3 unspecified atom stereocenters. The molecule has 0 spiro atoms. The third-order valence-electron chi connectivity index (χ3n) is 5.17. The summed E-state index contributed by atoms with van der Waals surface area (Å²) in [4.78, 5) is 2.51. The summed E-state index contributed by atoms with van der Waals surface area (Å²) in [5.74, 6) is 0.802. The van der Waals surface area contributed by atoms with Gasteiger partial charge in [0, 0.05) is 24.7 Å². The molecule has 1 saturated carbocycles. The van der Waals surface area contributed by atoms with Crippen LogP contribution in [0.25, 0.3) is 0 Å². The maximum atomic E-state index is 4.00. The van der Waals surface area contributed by atoms with Crippen molar-refractivity contribution in [3.63, 3.8) is 0 Å². The van der Waals surface area contributed by atoms with Crippen LogP contribution in [0.2, 0.25) is 0 Å². The van der Waals surface area contributed by atoms with Crippen LogP contribution >= 0.6 is 0 Å². The average molecular weight is 252 g/mol. The molecule has 0 amide bonds. The van der Waals surface area contributed by atoms with Crippen LogP contribution in [-0.2, 0) is 0 Å². The van der Waals surface area contributed by atoms with Gasteiger partial charge in [-0.2, -0.15) is 0 Å². The molecule has 2 aliphatic rings. The van der Waals surface area contributed by atoms with E-state index in [1.165, 1.54) is 57.9 Å². The fourth-order valence-electron chi connectivity index (χ4n) is 3.70. The van der Waals surface area contributed by atoms with Crippen molar-refractivity contribution in [3.05, 3.63) is 0 Å². The van der Waals surface area contributed by atoms with Crippen molar-refractivity contribution >= 4 is 0 Å². The lowest BCUT2D eigenvalue weighted by atomic mass is 9.88. The summed E-state index contributed by atoms with van der Waals surface area (Å²) in [6.07, 6.45) is 11.4. The second-order valence-electron chi connectivity index (χ2n) is 6.82. The standard InChI is InChI=1S/C16H32N2/c1-13-12-18(3)14(2)11-16(13)17-15-9-7-5-4-6-8-10-15/h13-17H,4-12H2,1-3H3. The van der Waals surface area contributed by atoms with Crippen LogP contribution in [0.4, 0.5) is 0 Å². The minimum Gasteiger partial charge on any atom is -0.311 e. The highest BCUT2D eigenvalue weighted by Gasteiger charge is 2.30. The summed E-state index contributed by atoms with van der Waals surface area (Å²) in [5.41, 5.74) is 0. The minimum absolute atomic E-state index is 0.743. The molecule has 106 valence electrons. The van der Waals surface area contributed by atoms with E-state index < -0.39 is 0 Å². The topological polar surface area (TPSA) is 15.3 Å². The first-order chi connectivity index (χ1) is 8.66. The van der Waals surface area contributed by atoms with Crippen molar-refractivity contribution in [3.8, 4) is 0 Å². The smallest absolute Gasteiger partial charge is 0.0122 e. The van der Waals surface area contributed by atoms with E-state index in [1.54, 1.807) is 0 Å². The van der Waals surface area contributed by atoms with Gasteiger partial charge in [0.05, 0.1) is 0 Å². The fourth-order valence-corrected chi connectivity index (χ4v) is 3.70. The lowest BCUT2D eigenvalue weighted by molar-refractivity contribution is 0.112. The molecule has 1 heterocycles. The van der Waals surface area contributed by atoms with E-state index in [0.29, 0.717) is 0 Å². The van der Waals surface area contributed by atoms with Gasteiger partial charge in [-0.3, -0.25) is 0 Å². The summed E-state index contributed by atoms with van der Waals surface area (Å²) in [5, 5.41) is 4.00. The zero-order valence-electron chi connectivity index (χ0n) is 12.6. The van der Waals surface area contributed by atoms with E-state index in [0.717, 1.165) is 24.0 Å². The number of nitrogens with zero attached hydrogens (tertiary/aromatic N) is 1. The number of rotatable bonds is 2. The van der Waals surface area contributed by atoms with Crippen LogP contribution in [0.1, 0.15) is 65.2 Å². The molecular weight excluding hydrogens is 220 g/mol. The molecule has 18 heavy (non-hydrogen) atoms. The summed E-state index contributed by atoms with van der Waals surface area (Å²) in [7, 11) is 2.27. The van der Waals surface area contributed by atoms with Crippen molar-refractivity contribution in [1.29, 1.82) is 0 Å². The maximum absolute atomic E-state index is 4.00. The number of nitrogens with one attached hydrogen (secondary N) is 1.